The van der Waals surface area contributed by atoms with E-state index in [4.69, 9.17) is 23.8 Å². The summed E-state index contributed by atoms with van der Waals surface area (Å²) in [5.74, 6) is 0. The summed E-state index contributed by atoms with van der Waals surface area (Å²) in [5.41, 5.74) is 0.928. The first-order valence-corrected chi connectivity index (χ1v) is 8.49. The standard InChI is InChI=1S/C17H24ClN3OS/c1-12-5-6-13(14(18)9-12)7-8-17(22,16(2,3)4)10-21-15(23)19-11-20-21/h5-6,9,11,22H,7-8,10H2,1-4H3,(H,19,20,23). The molecule has 0 radical (unpaired) electrons. The predicted octanol–water partition coefficient (Wildman–Crippen LogP) is 4.31. The van der Waals surface area contributed by atoms with Crippen LogP contribution in [-0.4, -0.2) is 25.5 Å². The molecule has 0 aliphatic carbocycles. The number of halogens is 1. The van der Waals surface area contributed by atoms with Gasteiger partial charge in [-0.15, -0.1) is 0 Å². The number of H-pyrrole nitrogens is 1. The van der Waals surface area contributed by atoms with Gasteiger partial charge < -0.3 is 5.11 Å². The highest BCUT2D eigenvalue weighted by atomic mass is 35.5. The molecule has 1 unspecified atom stereocenters. The minimum atomic E-state index is -0.939. The van der Waals surface area contributed by atoms with E-state index in [0.717, 1.165) is 16.1 Å². The molecule has 2 N–H and O–H groups in total. The van der Waals surface area contributed by atoms with Crippen LogP contribution in [0.5, 0.6) is 0 Å². The first kappa shape index (κ1) is 18.2. The molecule has 0 saturated carbocycles. The molecule has 0 fully saturated rings. The SMILES string of the molecule is Cc1ccc(CCC(O)(Cn2[nH]cnc2=S)C(C)(C)C)c(Cl)c1. The van der Waals surface area contributed by atoms with E-state index in [2.05, 4.69) is 10.1 Å². The average molecular weight is 354 g/mol. The maximum absolute atomic E-state index is 11.3. The lowest BCUT2D eigenvalue weighted by Gasteiger charge is -2.40. The Morgan fingerprint density at radius 2 is 2.04 bits per heavy atom. The van der Waals surface area contributed by atoms with Gasteiger partial charge in [-0.25, -0.2) is 4.98 Å². The minimum Gasteiger partial charge on any atom is -0.387 e. The molecule has 1 aromatic carbocycles. The van der Waals surface area contributed by atoms with Crippen LogP contribution in [0.15, 0.2) is 24.5 Å². The van der Waals surface area contributed by atoms with Crippen molar-refractivity contribution in [3.05, 3.63) is 45.4 Å². The molecule has 0 spiro atoms. The summed E-state index contributed by atoms with van der Waals surface area (Å²) < 4.78 is 2.15. The van der Waals surface area contributed by atoms with Gasteiger partial charge in [0.15, 0.2) is 0 Å². The number of hydrogen-bond acceptors (Lipinski definition) is 3. The van der Waals surface area contributed by atoms with Gasteiger partial charge in [-0.3, -0.25) is 9.78 Å². The van der Waals surface area contributed by atoms with Gasteiger partial charge in [0.25, 0.3) is 0 Å². The highest BCUT2D eigenvalue weighted by Crippen LogP contribution is 2.36. The van der Waals surface area contributed by atoms with Crippen molar-refractivity contribution in [2.75, 3.05) is 0 Å². The van der Waals surface area contributed by atoms with Gasteiger partial charge in [0.05, 0.1) is 12.1 Å². The summed E-state index contributed by atoms with van der Waals surface area (Å²) in [6.45, 7) is 8.48. The van der Waals surface area contributed by atoms with E-state index in [1.165, 1.54) is 0 Å². The van der Waals surface area contributed by atoms with Crippen LogP contribution in [0.25, 0.3) is 0 Å². The third-order valence-electron chi connectivity index (χ3n) is 4.45. The van der Waals surface area contributed by atoms with E-state index in [0.29, 0.717) is 24.2 Å². The van der Waals surface area contributed by atoms with Crippen LogP contribution in [0.3, 0.4) is 0 Å². The first-order chi connectivity index (χ1) is 10.6. The molecule has 1 atom stereocenters. The van der Waals surface area contributed by atoms with E-state index < -0.39 is 5.60 Å². The quantitative estimate of drug-likeness (QED) is 0.787. The van der Waals surface area contributed by atoms with E-state index in [9.17, 15) is 5.11 Å². The van der Waals surface area contributed by atoms with Crippen molar-refractivity contribution in [1.82, 2.24) is 14.8 Å². The second-order valence-electron chi connectivity index (χ2n) is 7.13. The van der Waals surface area contributed by atoms with Crippen molar-refractivity contribution in [2.45, 2.75) is 52.7 Å². The van der Waals surface area contributed by atoms with Crippen molar-refractivity contribution in [2.24, 2.45) is 5.41 Å². The molecule has 2 rings (SSSR count). The Bertz CT molecular complexity index is 732. The fraction of sp³-hybridized carbons (Fsp3) is 0.529. The van der Waals surface area contributed by atoms with Crippen molar-refractivity contribution in [3.8, 4) is 0 Å². The monoisotopic (exact) mass is 353 g/mol. The van der Waals surface area contributed by atoms with Crippen molar-refractivity contribution in [3.63, 3.8) is 0 Å². The van der Waals surface area contributed by atoms with Gasteiger partial charge in [0.2, 0.25) is 4.77 Å². The molecule has 23 heavy (non-hydrogen) atoms. The Morgan fingerprint density at radius 3 is 2.57 bits per heavy atom. The molecule has 1 heterocycles. The van der Waals surface area contributed by atoms with Gasteiger partial charge in [-0.1, -0.05) is 44.5 Å². The highest BCUT2D eigenvalue weighted by Gasteiger charge is 2.40. The third kappa shape index (κ3) is 4.22. The summed E-state index contributed by atoms with van der Waals surface area (Å²) in [7, 11) is 0. The van der Waals surface area contributed by atoms with Gasteiger partial charge in [-0.05, 0) is 54.6 Å². The number of aliphatic hydroxyl groups is 1. The second-order valence-corrected chi connectivity index (χ2v) is 7.90. The van der Waals surface area contributed by atoms with E-state index in [1.54, 1.807) is 11.0 Å². The Labute approximate surface area is 147 Å². The van der Waals surface area contributed by atoms with Crippen LogP contribution >= 0.6 is 23.8 Å². The van der Waals surface area contributed by atoms with Crippen LogP contribution in [0, 0.1) is 17.1 Å². The fourth-order valence-electron chi connectivity index (χ4n) is 2.54. The van der Waals surface area contributed by atoms with Gasteiger partial charge >= 0.3 is 0 Å². The second kappa shape index (κ2) is 6.75. The number of benzene rings is 1. The normalized spacial score (nSPS) is 14.7. The van der Waals surface area contributed by atoms with Crippen LogP contribution in [0.2, 0.25) is 5.02 Å². The van der Waals surface area contributed by atoms with Crippen molar-refractivity contribution < 1.29 is 5.11 Å². The number of rotatable bonds is 5. The number of nitrogens with zero attached hydrogens (tertiary/aromatic N) is 2. The molecular formula is C17H24ClN3OS. The van der Waals surface area contributed by atoms with E-state index in [1.807, 2.05) is 45.9 Å². The Morgan fingerprint density at radius 1 is 1.35 bits per heavy atom. The van der Waals surface area contributed by atoms with Crippen LogP contribution in [-0.2, 0) is 13.0 Å². The number of hydrogen-bond donors (Lipinski definition) is 2. The van der Waals surface area contributed by atoms with Crippen LogP contribution < -0.4 is 0 Å². The summed E-state index contributed by atoms with van der Waals surface area (Å²) in [5, 5.41) is 15.0. The summed E-state index contributed by atoms with van der Waals surface area (Å²) >= 11 is 11.5. The molecule has 126 valence electrons. The Balaban J connectivity index is 2.22. The molecule has 0 aliphatic heterocycles. The summed E-state index contributed by atoms with van der Waals surface area (Å²) in [6.07, 6.45) is 2.83. The Hall–Kier alpha value is -1.17. The molecule has 1 aromatic heterocycles. The molecule has 0 aliphatic rings. The molecule has 2 aromatic rings. The Kier molecular flexibility index (Phi) is 5.33. The number of aromatic nitrogens is 3. The van der Waals surface area contributed by atoms with Crippen LogP contribution in [0.1, 0.15) is 38.3 Å². The van der Waals surface area contributed by atoms with Crippen LogP contribution in [0.4, 0.5) is 0 Å². The van der Waals surface area contributed by atoms with Gasteiger partial charge in [0, 0.05) is 5.02 Å². The van der Waals surface area contributed by atoms with Gasteiger partial charge in [0.1, 0.15) is 6.33 Å². The first-order valence-electron chi connectivity index (χ1n) is 7.70. The predicted molar refractivity (Wildman–Crippen MR) is 96.3 cm³/mol. The smallest absolute Gasteiger partial charge is 0.215 e. The van der Waals surface area contributed by atoms with E-state index >= 15 is 0 Å². The largest absolute Gasteiger partial charge is 0.387 e. The molecule has 0 amide bonds. The van der Waals surface area contributed by atoms with Crippen molar-refractivity contribution in [1.29, 1.82) is 0 Å². The zero-order valence-electron chi connectivity index (χ0n) is 14.1. The number of nitrogens with one attached hydrogen (secondary N) is 1. The fourth-order valence-corrected chi connectivity index (χ4v) is 3.04. The summed E-state index contributed by atoms with van der Waals surface area (Å²) in [6, 6.07) is 6.03. The number of aryl methyl sites for hydroxylation is 2. The lowest BCUT2D eigenvalue weighted by Crippen LogP contribution is -2.47. The maximum Gasteiger partial charge on any atom is 0.215 e. The third-order valence-corrected chi connectivity index (χ3v) is 5.13. The highest BCUT2D eigenvalue weighted by molar-refractivity contribution is 7.71. The zero-order chi connectivity index (χ0) is 17.3. The lowest BCUT2D eigenvalue weighted by atomic mass is 9.73. The van der Waals surface area contributed by atoms with E-state index in [-0.39, 0.29) is 5.41 Å². The molecule has 0 bridgehead atoms. The summed E-state index contributed by atoms with van der Waals surface area (Å²) in [4.78, 5) is 4.01. The topological polar surface area (TPSA) is 53.8 Å². The maximum atomic E-state index is 11.3. The minimum absolute atomic E-state index is 0.315. The van der Waals surface area contributed by atoms with Crippen molar-refractivity contribution >= 4 is 23.8 Å². The molecule has 4 nitrogen and oxygen atoms in total. The lowest BCUT2D eigenvalue weighted by molar-refractivity contribution is -0.0798. The zero-order valence-corrected chi connectivity index (χ0v) is 15.6. The van der Waals surface area contributed by atoms with Gasteiger partial charge in [-0.2, -0.15) is 0 Å². The molecule has 0 saturated heterocycles. The molecular weight excluding hydrogens is 330 g/mol. The average Bonchev–Trinajstić information content (AvgIpc) is 2.82. The molecule has 6 heteroatoms. The number of aromatic amines is 1.